The molecule has 0 bridgehead atoms. The van der Waals surface area contributed by atoms with Crippen LogP contribution in [0.3, 0.4) is 0 Å². The van der Waals surface area contributed by atoms with E-state index in [-0.39, 0.29) is 12.6 Å². The fourth-order valence-electron chi connectivity index (χ4n) is 1.74. The predicted octanol–water partition coefficient (Wildman–Crippen LogP) is 4.79. The van der Waals surface area contributed by atoms with Crippen LogP contribution in [0.25, 0.3) is 0 Å². The summed E-state index contributed by atoms with van der Waals surface area (Å²) in [5, 5.41) is 14.3. The molecule has 5 heteroatoms. The molecule has 0 aliphatic carbocycles. The maximum absolute atomic E-state index is 9.50. The van der Waals surface area contributed by atoms with Crippen LogP contribution >= 0.6 is 34.8 Å². The Labute approximate surface area is 126 Å². The van der Waals surface area contributed by atoms with Gasteiger partial charge in [-0.05, 0) is 35.9 Å². The third kappa shape index (κ3) is 3.77. The standard InChI is InChI=1S/C14H12Cl3NO/c15-10-2-1-3-11(7-10)18-14(8-19)9-4-5-12(16)13(17)6-9/h1-7,14,18-19H,8H2. The largest absolute Gasteiger partial charge is 0.394 e. The molecule has 1 unspecified atom stereocenters. The van der Waals surface area contributed by atoms with Gasteiger partial charge in [-0.15, -0.1) is 0 Å². The maximum Gasteiger partial charge on any atom is 0.0745 e. The summed E-state index contributed by atoms with van der Waals surface area (Å²) in [7, 11) is 0. The molecule has 0 saturated carbocycles. The van der Waals surface area contributed by atoms with Crippen LogP contribution in [0, 0.1) is 0 Å². The Morgan fingerprint density at radius 2 is 1.79 bits per heavy atom. The van der Waals surface area contributed by atoms with Crippen molar-refractivity contribution in [3.63, 3.8) is 0 Å². The Morgan fingerprint density at radius 1 is 1.00 bits per heavy atom. The molecule has 0 radical (unpaired) electrons. The second-order valence-electron chi connectivity index (χ2n) is 4.06. The molecule has 0 fully saturated rings. The molecule has 0 amide bonds. The predicted molar refractivity (Wildman–Crippen MR) is 81.4 cm³/mol. The van der Waals surface area contributed by atoms with E-state index in [0.29, 0.717) is 15.1 Å². The van der Waals surface area contributed by atoms with Crippen LogP contribution in [-0.4, -0.2) is 11.7 Å². The van der Waals surface area contributed by atoms with E-state index in [1.807, 2.05) is 18.2 Å². The van der Waals surface area contributed by atoms with Crippen LogP contribution in [0.2, 0.25) is 15.1 Å². The lowest BCUT2D eigenvalue weighted by atomic mass is 10.1. The molecule has 2 rings (SSSR count). The zero-order valence-electron chi connectivity index (χ0n) is 9.91. The van der Waals surface area contributed by atoms with Crippen LogP contribution in [0.4, 0.5) is 5.69 Å². The van der Waals surface area contributed by atoms with Gasteiger partial charge in [-0.1, -0.05) is 46.9 Å². The molecule has 2 nitrogen and oxygen atoms in total. The summed E-state index contributed by atoms with van der Waals surface area (Å²) in [4.78, 5) is 0. The molecule has 0 spiro atoms. The summed E-state index contributed by atoms with van der Waals surface area (Å²) in [6.45, 7) is -0.0650. The monoisotopic (exact) mass is 315 g/mol. The molecule has 0 aromatic heterocycles. The van der Waals surface area contributed by atoms with Gasteiger partial charge in [0.05, 0.1) is 22.7 Å². The summed E-state index contributed by atoms with van der Waals surface area (Å²) >= 11 is 17.8. The van der Waals surface area contributed by atoms with Crippen molar-refractivity contribution in [1.82, 2.24) is 0 Å². The van der Waals surface area contributed by atoms with Gasteiger partial charge in [0.25, 0.3) is 0 Å². The third-order valence-corrected chi connectivity index (χ3v) is 3.67. The van der Waals surface area contributed by atoms with Crippen molar-refractivity contribution < 1.29 is 5.11 Å². The Hall–Kier alpha value is -0.930. The number of nitrogens with one attached hydrogen (secondary N) is 1. The maximum atomic E-state index is 9.50. The molecular weight excluding hydrogens is 305 g/mol. The van der Waals surface area contributed by atoms with Gasteiger partial charge in [0.2, 0.25) is 0 Å². The quantitative estimate of drug-likeness (QED) is 0.850. The van der Waals surface area contributed by atoms with Crippen LogP contribution in [0.1, 0.15) is 11.6 Å². The van der Waals surface area contributed by atoms with Crippen molar-refractivity contribution in [3.8, 4) is 0 Å². The number of hydrogen-bond donors (Lipinski definition) is 2. The minimum Gasteiger partial charge on any atom is -0.394 e. The van der Waals surface area contributed by atoms with E-state index in [1.165, 1.54) is 0 Å². The van der Waals surface area contributed by atoms with Gasteiger partial charge < -0.3 is 10.4 Å². The first-order valence-electron chi connectivity index (χ1n) is 5.68. The number of aliphatic hydroxyl groups is 1. The highest BCUT2D eigenvalue weighted by molar-refractivity contribution is 6.42. The first kappa shape index (κ1) is 14.5. The summed E-state index contributed by atoms with van der Waals surface area (Å²) in [6.07, 6.45) is 0. The molecule has 2 N–H and O–H groups in total. The summed E-state index contributed by atoms with van der Waals surface area (Å²) in [6, 6.07) is 12.3. The minimum absolute atomic E-state index is 0.0650. The van der Waals surface area contributed by atoms with Crippen molar-refractivity contribution in [3.05, 3.63) is 63.1 Å². The highest BCUT2D eigenvalue weighted by Crippen LogP contribution is 2.27. The van der Waals surface area contributed by atoms with Gasteiger partial charge in [0.15, 0.2) is 0 Å². The number of anilines is 1. The van der Waals surface area contributed by atoms with Gasteiger partial charge in [0.1, 0.15) is 0 Å². The van der Waals surface area contributed by atoms with Crippen molar-refractivity contribution in [2.45, 2.75) is 6.04 Å². The third-order valence-electron chi connectivity index (χ3n) is 2.69. The van der Waals surface area contributed by atoms with Crippen molar-refractivity contribution in [2.24, 2.45) is 0 Å². The van der Waals surface area contributed by atoms with Gasteiger partial charge in [-0.3, -0.25) is 0 Å². The fraction of sp³-hybridized carbons (Fsp3) is 0.143. The highest BCUT2D eigenvalue weighted by Gasteiger charge is 2.12. The number of halogens is 3. The molecule has 0 aliphatic heterocycles. The Kier molecular flexibility index (Phi) is 4.94. The van der Waals surface area contributed by atoms with Crippen molar-refractivity contribution in [2.75, 3.05) is 11.9 Å². The average molecular weight is 317 g/mol. The van der Waals surface area contributed by atoms with E-state index < -0.39 is 0 Å². The Morgan fingerprint density at radius 3 is 2.42 bits per heavy atom. The van der Waals surface area contributed by atoms with Crippen molar-refractivity contribution in [1.29, 1.82) is 0 Å². The Bertz CT molecular complexity index is 574. The summed E-state index contributed by atoms with van der Waals surface area (Å²) < 4.78 is 0. The van der Waals surface area contributed by atoms with Crippen LogP contribution in [0.15, 0.2) is 42.5 Å². The summed E-state index contributed by atoms with van der Waals surface area (Å²) in [5.74, 6) is 0. The summed E-state index contributed by atoms with van der Waals surface area (Å²) in [5.41, 5.74) is 1.69. The molecular formula is C14H12Cl3NO. The van der Waals surface area contributed by atoms with Gasteiger partial charge >= 0.3 is 0 Å². The lowest BCUT2D eigenvalue weighted by Crippen LogP contribution is -2.14. The fourth-order valence-corrected chi connectivity index (χ4v) is 2.24. The molecule has 2 aromatic carbocycles. The highest BCUT2D eigenvalue weighted by atomic mass is 35.5. The lowest BCUT2D eigenvalue weighted by Gasteiger charge is -2.18. The zero-order valence-corrected chi connectivity index (χ0v) is 12.2. The Balaban J connectivity index is 2.22. The van der Waals surface area contributed by atoms with Crippen molar-refractivity contribution >= 4 is 40.5 Å². The first-order chi connectivity index (χ1) is 9.10. The van der Waals surface area contributed by atoms with Crippen LogP contribution < -0.4 is 5.32 Å². The van der Waals surface area contributed by atoms with Crippen LogP contribution in [0.5, 0.6) is 0 Å². The molecule has 0 saturated heterocycles. The molecule has 1 atom stereocenters. The lowest BCUT2D eigenvalue weighted by molar-refractivity contribution is 0.276. The molecule has 100 valence electrons. The van der Waals surface area contributed by atoms with Gasteiger partial charge in [-0.2, -0.15) is 0 Å². The average Bonchev–Trinajstić information content (AvgIpc) is 2.39. The van der Waals surface area contributed by atoms with Gasteiger partial charge in [-0.25, -0.2) is 0 Å². The van der Waals surface area contributed by atoms with E-state index in [2.05, 4.69) is 5.32 Å². The van der Waals surface area contributed by atoms with E-state index in [9.17, 15) is 5.11 Å². The first-order valence-corrected chi connectivity index (χ1v) is 6.81. The minimum atomic E-state index is -0.270. The van der Waals surface area contributed by atoms with Gasteiger partial charge in [0, 0.05) is 10.7 Å². The molecule has 0 aliphatic rings. The zero-order chi connectivity index (χ0) is 13.8. The van der Waals surface area contributed by atoms with Crippen LogP contribution in [-0.2, 0) is 0 Å². The number of hydrogen-bond acceptors (Lipinski definition) is 2. The number of aliphatic hydroxyl groups excluding tert-OH is 1. The van der Waals surface area contributed by atoms with E-state index in [0.717, 1.165) is 11.3 Å². The smallest absolute Gasteiger partial charge is 0.0745 e. The molecule has 19 heavy (non-hydrogen) atoms. The molecule has 2 aromatic rings. The topological polar surface area (TPSA) is 32.3 Å². The number of rotatable bonds is 4. The number of benzene rings is 2. The van der Waals surface area contributed by atoms with E-state index in [4.69, 9.17) is 34.8 Å². The van der Waals surface area contributed by atoms with E-state index in [1.54, 1.807) is 24.3 Å². The SMILES string of the molecule is OCC(Nc1cccc(Cl)c1)c1ccc(Cl)c(Cl)c1. The normalized spacial score (nSPS) is 12.2. The second-order valence-corrected chi connectivity index (χ2v) is 5.31. The second kappa shape index (κ2) is 6.49. The van der Waals surface area contributed by atoms with E-state index >= 15 is 0 Å². The molecule has 0 heterocycles.